The Hall–Kier alpha value is -2.89. The van der Waals surface area contributed by atoms with Gasteiger partial charge in [0.1, 0.15) is 5.69 Å². The fraction of sp³-hybridized carbons (Fsp3) is 0.133. The molecule has 2 aromatic rings. The van der Waals surface area contributed by atoms with Gasteiger partial charge < -0.3 is 15.8 Å². The van der Waals surface area contributed by atoms with E-state index in [-0.39, 0.29) is 5.69 Å². The molecule has 1 aromatic carbocycles. The summed E-state index contributed by atoms with van der Waals surface area (Å²) in [6.45, 7) is 1.85. The van der Waals surface area contributed by atoms with Gasteiger partial charge in [-0.05, 0) is 31.2 Å². The third kappa shape index (κ3) is 3.36. The highest BCUT2D eigenvalue weighted by Crippen LogP contribution is 2.19. The van der Waals surface area contributed by atoms with Crippen molar-refractivity contribution in [1.82, 2.24) is 4.98 Å². The molecule has 6 heteroatoms. The van der Waals surface area contributed by atoms with Crippen LogP contribution in [0.15, 0.2) is 36.5 Å². The number of hydrogen-bond acceptors (Lipinski definition) is 5. The van der Waals surface area contributed by atoms with Crippen molar-refractivity contribution in [3.8, 4) is 0 Å². The highest BCUT2D eigenvalue weighted by molar-refractivity contribution is 6.07. The van der Waals surface area contributed by atoms with Crippen LogP contribution in [0, 0.1) is 6.92 Å². The van der Waals surface area contributed by atoms with E-state index in [1.165, 1.54) is 19.4 Å². The maximum atomic E-state index is 12.1. The number of amides is 1. The number of esters is 1. The molecule has 0 unspecified atom stereocenters. The molecule has 21 heavy (non-hydrogen) atoms. The van der Waals surface area contributed by atoms with Crippen molar-refractivity contribution in [3.05, 3.63) is 53.3 Å². The predicted molar refractivity (Wildman–Crippen MR) is 79.1 cm³/mol. The van der Waals surface area contributed by atoms with Crippen LogP contribution in [0.5, 0.6) is 0 Å². The molecule has 1 amide bonds. The maximum absolute atomic E-state index is 12.1. The second-order valence-corrected chi connectivity index (χ2v) is 4.47. The number of hydrogen-bond donors (Lipinski definition) is 2. The lowest BCUT2D eigenvalue weighted by Gasteiger charge is -2.10. The number of pyridine rings is 1. The summed E-state index contributed by atoms with van der Waals surface area (Å²) in [6.07, 6.45) is 1.39. The molecule has 0 aliphatic rings. The van der Waals surface area contributed by atoms with E-state index in [1.807, 2.05) is 6.92 Å². The molecule has 0 spiro atoms. The zero-order valence-electron chi connectivity index (χ0n) is 11.7. The Kier molecular flexibility index (Phi) is 4.18. The number of methoxy groups -OCH3 is 1. The van der Waals surface area contributed by atoms with Crippen molar-refractivity contribution < 1.29 is 14.3 Å². The molecule has 6 nitrogen and oxygen atoms in total. The summed E-state index contributed by atoms with van der Waals surface area (Å²) < 4.78 is 4.71. The van der Waals surface area contributed by atoms with Crippen molar-refractivity contribution >= 4 is 23.3 Å². The smallest absolute Gasteiger partial charge is 0.339 e. The molecular formula is C15H15N3O3. The number of carbonyl (C=O) groups is 2. The third-order valence-corrected chi connectivity index (χ3v) is 2.85. The summed E-state index contributed by atoms with van der Waals surface area (Å²) >= 11 is 0. The molecule has 0 aliphatic carbocycles. The molecule has 0 bridgehead atoms. The first-order valence-corrected chi connectivity index (χ1v) is 6.23. The minimum atomic E-state index is -0.515. The van der Waals surface area contributed by atoms with Crippen molar-refractivity contribution in [1.29, 1.82) is 0 Å². The normalized spacial score (nSPS) is 10.0. The number of nitrogens with two attached hydrogens (primary N) is 1. The van der Waals surface area contributed by atoms with Gasteiger partial charge in [0.05, 0.1) is 30.2 Å². The Morgan fingerprint density at radius 3 is 2.62 bits per heavy atom. The number of benzene rings is 1. The Labute approximate surface area is 121 Å². The van der Waals surface area contributed by atoms with E-state index in [4.69, 9.17) is 10.5 Å². The number of aromatic nitrogens is 1. The monoisotopic (exact) mass is 285 g/mol. The summed E-state index contributed by atoms with van der Waals surface area (Å²) in [5, 5.41) is 2.65. The minimum Gasteiger partial charge on any atom is -0.465 e. The zero-order valence-corrected chi connectivity index (χ0v) is 11.7. The Balaban J connectivity index is 2.28. The van der Waals surface area contributed by atoms with Crippen molar-refractivity contribution in [3.63, 3.8) is 0 Å². The molecule has 0 aliphatic heterocycles. The SMILES string of the molecule is COC(=O)c1cc(C)ccc1NC(=O)c1ccc(N)cn1. The summed E-state index contributed by atoms with van der Waals surface area (Å²) in [5.41, 5.74) is 7.75. The lowest BCUT2D eigenvalue weighted by Crippen LogP contribution is -2.16. The van der Waals surface area contributed by atoms with Gasteiger partial charge in [-0.3, -0.25) is 4.79 Å². The standard InChI is InChI=1S/C15H15N3O3/c1-9-3-5-12(11(7-9)15(20)21-2)18-14(19)13-6-4-10(16)8-17-13/h3-8H,16H2,1-2H3,(H,18,19). The number of aryl methyl sites for hydroxylation is 1. The molecule has 0 saturated carbocycles. The largest absolute Gasteiger partial charge is 0.465 e. The highest BCUT2D eigenvalue weighted by atomic mass is 16.5. The second-order valence-electron chi connectivity index (χ2n) is 4.47. The van der Waals surface area contributed by atoms with Crippen LogP contribution in [0.1, 0.15) is 26.4 Å². The van der Waals surface area contributed by atoms with E-state index in [2.05, 4.69) is 10.3 Å². The molecule has 108 valence electrons. The first kappa shape index (κ1) is 14.5. The third-order valence-electron chi connectivity index (χ3n) is 2.85. The molecule has 2 rings (SSSR count). The maximum Gasteiger partial charge on any atom is 0.339 e. The van der Waals surface area contributed by atoms with E-state index in [0.717, 1.165) is 5.56 Å². The minimum absolute atomic E-state index is 0.209. The summed E-state index contributed by atoms with van der Waals surface area (Å²) in [6, 6.07) is 8.18. The van der Waals surface area contributed by atoms with Crippen molar-refractivity contribution in [2.75, 3.05) is 18.2 Å². The van der Waals surface area contributed by atoms with Gasteiger partial charge in [0.15, 0.2) is 0 Å². The molecule has 0 saturated heterocycles. The molecule has 1 heterocycles. The van der Waals surface area contributed by atoms with Crippen molar-refractivity contribution in [2.45, 2.75) is 6.92 Å². The Morgan fingerprint density at radius 1 is 1.24 bits per heavy atom. The van der Waals surface area contributed by atoms with E-state index < -0.39 is 11.9 Å². The Bertz CT molecular complexity index is 681. The van der Waals surface area contributed by atoms with Crippen LogP contribution in [0.4, 0.5) is 11.4 Å². The summed E-state index contributed by atoms with van der Waals surface area (Å²) in [7, 11) is 1.29. The van der Waals surface area contributed by atoms with Gasteiger partial charge in [-0.1, -0.05) is 11.6 Å². The Morgan fingerprint density at radius 2 is 2.00 bits per heavy atom. The van der Waals surface area contributed by atoms with Gasteiger partial charge in [0, 0.05) is 0 Å². The van der Waals surface area contributed by atoms with E-state index in [1.54, 1.807) is 24.3 Å². The number of carbonyl (C=O) groups excluding carboxylic acids is 2. The number of ether oxygens (including phenoxy) is 1. The number of rotatable bonds is 3. The molecular weight excluding hydrogens is 270 g/mol. The first-order chi connectivity index (χ1) is 10.0. The van der Waals surface area contributed by atoms with Gasteiger partial charge in [0.25, 0.3) is 5.91 Å². The lowest BCUT2D eigenvalue weighted by molar-refractivity contribution is 0.0602. The van der Waals surface area contributed by atoms with E-state index in [9.17, 15) is 9.59 Å². The molecule has 1 aromatic heterocycles. The van der Waals surface area contributed by atoms with Crippen LogP contribution >= 0.6 is 0 Å². The molecule has 0 radical (unpaired) electrons. The second kappa shape index (κ2) is 6.04. The van der Waals surface area contributed by atoms with Gasteiger partial charge >= 0.3 is 5.97 Å². The molecule has 0 fully saturated rings. The van der Waals surface area contributed by atoms with Crippen molar-refractivity contribution in [2.24, 2.45) is 0 Å². The average molecular weight is 285 g/mol. The van der Waals surface area contributed by atoms with Gasteiger partial charge in [-0.15, -0.1) is 0 Å². The van der Waals surface area contributed by atoms with Crippen LogP contribution in [0.25, 0.3) is 0 Å². The quantitative estimate of drug-likeness (QED) is 0.841. The van der Waals surface area contributed by atoms with Crippen LogP contribution < -0.4 is 11.1 Å². The average Bonchev–Trinajstić information content (AvgIpc) is 2.48. The van der Waals surface area contributed by atoms with Gasteiger partial charge in [-0.2, -0.15) is 0 Å². The topological polar surface area (TPSA) is 94.3 Å². The summed E-state index contributed by atoms with van der Waals surface area (Å²) in [4.78, 5) is 27.8. The number of nitrogen functional groups attached to an aromatic ring is 1. The highest BCUT2D eigenvalue weighted by Gasteiger charge is 2.15. The summed E-state index contributed by atoms with van der Waals surface area (Å²) in [5.74, 6) is -0.941. The number of nitrogens with zero attached hydrogens (tertiary/aromatic N) is 1. The zero-order chi connectivity index (χ0) is 15.4. The van der Waals surface area contributed by atoms with Crippen LogP contribution in [-0.4, -0.2) is 24.0 Å². The van der Waals surface area contributed by atoms with Gasteiger partial charge in [0.2, 0.25) is 0 Å². The lowest BCUT2D eigenvalue weighted by atomic mass is 10.1. The van der Waals surface area contributed by atoms with E-state index in [0.29, 0.717) is 16.9 Å². The fourth-order valence-electron chi connectivity index (χ4n) is 1.77. The first-order valence-electron chi connectivity index (χ1n) is 6.23. The molecule has 3 N–H and O–H groups in total. The van der Waals surface area contributed by atoms with E-state index >= 15 is 0 Å². The molecule has 0 atom stereocenters. The fourth-order valence-corrected chi connectivity index (χ4v) is 1.77. The van der Waals surface area contributed by atoms with Crippen LogP contribution in [-0.2, 0) is 4.74 Å². The number of nitrogens with one attached hydrogen (secondary N) is 1. The van der Waals surface area contributed by atoms with Crippen LogP contribution in [0.2, 0.25) is 0 Å². The number of anilines is 2. The van der Waals surface area contributed by atoms with Gasteiger partial charge in [-0.25, -0.2) is 9.78 Å². The predicted octanol–water partition coefficient (Wildman–Crippen LogP) is 2.01. The van der Waals surface area contributed by atoms with Crippen LogP contribution in [0.3, 0.4) is 0 Å².